The number of pyridine rings is 1. The van der Waals surface area contributed by atoms with Crippen LogP contribution in [0.3, 0.4) is 0 Å². The van der Waals surface area contributed by atoms with Crippen molar-refractivity contribution >= 4 is 34.4 Å². The summed E-state index contributed by atoms with van der Waals surface area (Å²) < 4.78 is 0. The summed E-state index contributed by atoms with van der Waals surface area (Å²) in [4.78, 5) is 21.8. The van der Waals surface area contributed by atoms with Crippen molar-refractivity contribution in [2.24, 2.45) is 5.92 Å². The fourth-order valence-electron chi connectivity index (χ4n) is 3.84. The normalized spacial score (nSPS) is 20.8. The highest BCUT2D eigenvalue weighted by Crippen LogP contribution is 2.28. The average molecular weight is 366 g/mol. The molecule has 0 bridgehead atoms. The van der Waals surface area contributed by atoms with E-state index < -0.39 is 0 Å². The molecule has 0 spiro atoms. The zero-order valence-electron chi connectivity index (χ0n) is 14.7. The van der Waals surface area contributed by atoms with Crippen LogP contribution in [0.25, 0.3) is 10.9 Å². The van der Waals surface area contributed by atoms with Crippen molar-refractivity contribution in [3.05, 3.63) is 35.9 Å². The molecular weight excluding hydrogens is 344 g/mol. The largest absolute Gasteiger partial charge is 0.355 e. The molecule has 2 saturated heterocycles. The molecule has 0 N–H and O–H groups in total. The number of para-hydroxylation sites is 1. The first-order valence-electron chi connectivity index (χ1n) is 9.17. The van der Waals surface area contributed by atoms with E-state index in [9.17, 15) is 10.1 Å². The zero-order chi connectivity index (χ0) is 17.9. The lowest BCUT2D eigenvalue weighted by atomic mass is 9.96. The molecule has 1 unspecified atom stereocenters. The van der Waals surface area contributed by atoms with E-state index in [1.807, 2.05) is 47.0 Å². The van der Waals surface area contributed by atoms with Crippen molar-refractivity contribution in [3.8, 4) is 6.07 Å². The number of fused-ring (bicyclic) bond motifs is 1. The van der Waals surface area contributed by atoms with Crippen molar-refractivity contribution in [3.63, 3.8) is 0 Å². The number of nitrogens with zero attached hydrogens (tertiary/aromatic N) is 4. The lowest BCUT2D eigenvalue weighted by Crippen LogP contribution is -2.47. The van der Waals surface area contributed by atoms with Gasteiger partial charge in [0.2, 0.25) is 5.91 Å². The predicted molar refractivity (Wildman–Crippen MR) is 105 cm³/mol. The summed E-state index contributed by atoms with van der Waals surface area (Å²) in [6, 6.07) is 12.1. The molecule has 1 amide bonds. The van der Waals surface area contributed by atoms with Gasteiger partial charge < -0.3 is 9.80 Å². The molecule has 1 aromatic heterocycles. The minimum atomic E-state index is 0.00617. The van der Waals surface area contributed by atoms with Crippen LogP contribution in [0.4, 0.5) is 5.82 Å². The highest BCUT2D eigenvalue weighted by Gasteiger charge is 2.31. The molecule has 1 atom stereocenters. The van der Waals surface area contributed by atoms with Crippen LogP contribution in [-0.2, 0) is 4.79 Å². The molecule has 2 aliphatic rings. The second-order valence-corrected chi connectivity index (χ2v) is 8.11. The van der Waals surface area contributed by atoms with Crippen LogP contribution in [-0.4, -0.2) is 53.5 Å². The Bertz CT molecular complexity index is 857. The minimum absolute atomic E-state index is 0.00617. The van der Waals surface area contributed by atoms with Crippen LogP contribution in [0.15, 0.2) is 30.3 Å². The molecule has 2 fully saturated rings. The van der Waals surface area contributed by atoms with Gasteiger partial charge in [-0.15, -0.1) is 0 Å². The Balaban J connectivity index is 1.58. The molecule has 2 aliphatic heterocycles. The number of hydrogen-bond donors (Lipinski definition) is 0. The number of amides is 1. The van der Waals surface area contributed by atoms with Gasteiger partial charge in [0.25, 0.3) is 0 Å². The SMILES string of the molecule is N#Cc1cc2ccccc2nc1N1CCCC(C(=O)N2CCSCC2)C1. The van der Waals surface area contributed by atoms with Crippen LogP contribution in [0.5, 0.6) is 0 Å². The number of rotatable bonds is 2. The standard InChI is InChI=1S/C20H22N4OS/c21-13-17-12-15-4-1-2-6-18(15)22-19(17)24-7-3-5-16(14-24)20(25)23-8-10-26-11-9-23/h1-2,4,6,12,16H,3,5,7-11,14H2. The summed E-state index contributed by atoms with van der Waals surface area (Å²) in [5, 5.41) is 10.6. The fraction of sp³-hybridized carbons (Fsp3) is 0.450. The summed E-state index contributed by atoms with van der Waals surface area (Å²) in [6.07, 6.45) is 1.88. The minimum Gasteiger partial charge on any atom is -0.355 e. The second-order valence-electron chi connectivity index (χ2n) is 6.89. The molecule has 0 radical (unpaired) electrons. The molecule has 4 rings (SSSR count). The van der Waals surface area contributed by atoms with Gasteiger partial charge in [0.1, 0.15) is 11.9 Å². The highest BCUT2D eigenvalue weighted by atomic mass is 32.2. The van der Waals surface area contributed by atoms with Crippen molar-refractivity contribution < 1.29 is 4.79 Å². The third-order valence-corrected chi connectivity index (χ3v) is 6.16. The van der Waals surface area contributed by atoms with E-state index in [1.54, 1.807) is 0 Å². The number of benzene rings is 1. The molecule has 26 heavy (non-hydrogen) atoms. The van der Waals surface area contributed by atoms with Crippen LogP contribution >= 0.6 is 11.8 Å². The number of carbonyl (C=O) groups excluding carboxylic acids is 1. The summed E-state index contributed by atoms with van der Waals surface area (Å²) in [6.45, 7) is 3.22. The number of piperidine rings is 1. The second kappa shape index (κ2) is 7.55. The molecular formula is C20H22N4OS. The average Bonchev–Trinajstić information content (AvgIpc) is 2.73. The maximum absolute atomic E-state index is 12.9. The van der Waals surface area contributed by atoms with Gasteiger partial charge in [-0.1, -0.05) is 18.2 Å². The van der Waals surface area contributed by atoms with Gasteiger partial charge in [0.15, 0.2) is 0 Å². The molecule has 134 valence electrons. The van der Waals surface area contributed by atoms with E-state index in [4.69, 9.17) is 4.98 Å². The Morgan fingerprint density at radius 1 is 1.23 bits per heavy atom. The van der Waals surface area contributed by atoms with E-state index in [2.05, 4.69) is 11.0 Å². The van der Waals surface area contributed by atoms with E-state index in [0.29, 0.717) is 12.1 Å². The van der Waals surface area contributed by atoms with Crippen molar-refractivity contribution in [1.29, 1.82) is 5.26 Å². The smallest absolute Gasteiger partial charge is 0.227 e. The fourth-order valence-corrected chi connectivity index (χ4v) is 4.75. The van der Waals surface area contributed by atoms with Crippen molar-refractivity contribution in [2.45, 2.75) is 12.8 Å². The van der Waals surface area contributed by atoms with Crippen LogP contribution < -0.4 is 4.90 Å². The van der Waals surface area contributed by atoms with E-state index in [-0.39, 0.29) is 11.8 Å². The Kier molecular flexibility index (Phi) is 4.98. The first-order valence-corrected chi connectivity index (χ1v) is 10.3. The molecule has 3 heterocycles. The lowest BCUT2D eigenvalue weighted by molar-refractivity contribution is -0.135. The molecule has 0 aliphatic carbocycles. The lowest BCUT2D eigenvalue weighted by Gasteiger charge is -2.37. The van der Waals surface area contributed by atoms with Crippen molar-refractivity contribution in [1.82, 2.24) is 9.88 Å². The Morgan fingerprint density at radius 2 is 2.04 bits per heavy atom. The number of carbonyl (C=O) groups is 1. The van der Waals surface area contributed by atoms with E-state index in [1.165, 1.54) is 0 Å². The molecule has 0 saturated carbocycles. The van der Waals surface area contributed by atoms with Gasteiger partial charge in [0.05, 0.1) is 17.0 Å². The highest BCUT2D eigenvalue weighted by molar-refractivity contribution is 7.99. The summed E-state index contributed by atoms with van der Waals surface area (Å²) in [7, 11) is 0. The van der Waals surface area contributed by atoms with Crippen LogP contribution in [0, 0.1) is 17.2 Å². The predicted octanol–water partition coefficient (Wildman–Crippen LogP) is 2.90. The zero-order valence-corrected chi connectivity index (χ0v) is 15.5. The summed E-state index contributed by atoms with van der Waals surface area (Å²) in [5.74, 6) is 3.07. The Morgan fingerprint density at radius 3 is 2.85 bits per heavy atom. The number of hydrogen-bond acceptors (Lipinski definition) is 5. The number of nitriles is 1. The van der Waals surface area contributed by atoms with E-state index >= 15 is 0 Å². The van der Waals surface area contributed by atoms with Crippen LogP contribution in [0.1, 0.15) is 18.4 Å². The maximum Gasteiger partial charge on any atom is 0.227 e. The number of aromatic nitrogens is 1. The molecule has 6 heteroatoms. The Labute approximate surface area is 158 Å². The molecule has 2 aromatic rings. The third-order valence-electron chi connectivity index (χ3n) is 5.22. The summed E-state index contributed by atoms with van der Waals surface area (Å²) >= 11 is 1.92. The van der Waals surface area contributed by atoms with E-state index in [0.717, 1.165) is 60.7 Å². The third kappa shape index (κ3) is 3.36. The Hall–Kier alpha value is -2.26. The first-order chi connectivity index (χ1) is 12.8. The van der Waals surface area contributed by atoms with Gasteiger partial charge >= 0.3 is 0 Å². The van der Waals surface area contributed by atoms with Gasteiger partial charge in [-0.25, -0.2) is 4.98 Å². The van der Waals surface area contributed by atoms with Gasteiger partial charge in [0, 0.05) is 43.1 Å². The monoisotopic (exact) mass is 366 g/mol. The van der Waals surface area contributed by atoms with Gasteiger partial charge in [-0.2, -0.15) is 17.0 Å². The number of anilines is 1. The molecule has 5 nitrogen and oxygen atoms in total. The maximum atomic E-state index is 12.9. The van der Waals surface area contributed by atoms with Crippen molar-refractivity contribution in [2.75, 3.05) is 42.6 Å². The first kappa shape index (κ1) is 17.2. The van der Waals surface area contributed by atoms with Crippen LogP contribution in [0.2, 0.25) is 0 Å². The topological polar surface area (TPSA) is 60.2 Å². The van der Waals surface area contributed by atoms with Gasteiger partial charge in [-0.3, -0.25) is 4.79 Å². The quantitative estimate of drug-likeness (QED) is 0.818. The number of thioether (sulfide) groups is 1. The van der Waals surface area contributed by atoms with Gasteiger partial charge in [-0.05, 0) is 25.0 Å². The molecule has 1 aromatic carbocycles. The summed E-state index contributed by atoms with van der Waals surface area (Å²) in [5.41, 5.74) is 1.48.